The van der Waals surface area contributed by atoms with E-state index in [-0.39, 0.29) is 11.5 Å². The fourth-order valence-corrected chi connectivity index (χ4v) is 1.67. The van der Waals surface area contributed by atoms with Crippen molar-refractivity contribution in [3.63, 3.8) is 0 Å². The number of aromatic nitrogens is 3. The van der Waals surface area contributed by atoms with Gasteiger partial charge in [0.2, 0.25) is 17.7 Å². The minimum absolute atomic E-state index is 0.130. The van der Waals surface area contributed by atoms with Crippen molar-refractivity contribution in [2.75, 3.05) is 10.6 Å². The summed E-state index contributed by atoms with van der Waals surface area (Å²) in [6, 6.07) is 5.97. The van der Waals surface area contributed by atoms with Crippen LogP contribution in [0.5, 0.6) is 0 Å². The maximum absolute atomic E-state index is 12.4. The van der Waals surface area contributed by atoms with E-state index in [1.807, 2.05) is 0 Å². The number of H-pyrrole nitrogens is 1. The van der Waals surface area contributed by atoms with Crippen molar-refractivity contribution in [3.8, 4) is 0 Å². The molecule has 1 heterocycles. The van der Waals surface area contributed by atoms with Gasteiger partial charge < -0.3 is 5.32 Å². The highest BCUT2D eigenvalue weighted by atomic mass is 19.4. The first-order valence-electron chi connectivity index (χ1n) is 7.19. The number of benzene rings is 1. The van der Waals surface area contributed by atoms with Crippen LogP contribution in [0, 0.1) is 5.41 Å². The Bertz CT molecular complexity index is 793. The Balaban J connectivity index is 2.11. The van der Waals surface area contributed by atoms with Crippen molar-refractivity contribution >= 4 is 23.5 Å². The van der Waals surface area contributed by atoms with Crippen LogP contribution in [-0.2, 0) is 11.0 Å². The van der Waals surface area contributed by atoms with E-state index in [0.717, 1.165) is 0 Å². The molecule has 1 aromatic heterocycles. The van der Waals surface area contributed by atoms with Crippen LogP contribution in [0.2, 0.25) is 0 Å². The first kappa shape index (κ1) is 18.4. The number of carbonyl (C=O) groups excluding carboxylic acids is 2. The molecule has 0 atom stereocenters. The van der Waals surface area contributed by atoms with E-state index in [2.05, 4.69) is 20.7 Å². The van der Waals surface area contributed by atoms with Crippen LogP contribution in [-0.4, -0.2) is 27.0 Å². The molecule has 0 saturated carbocycles. The number of aromatic amines is 1. The van der Waals surface area contributed by atoms with Gasteiger partial charge in [0, 0.05) is 16.7 Å². The molecule has 0 radical (unpaired) electrons. The van der Waals surface area contributed by atoms with Crippen LogP contribution in [0.4, 0.5) is 24.8 Å². The topological polar surface area (TPSA) is 99.8 Å². The Hall–Kier alpha value is -2.91. The molecule has 0 bridgehead atoms. The number of rotatable bonds is 3. The van der Waals surface area contributed by atoms with Gasteiger partial charge in [-0.1, -0.05) is 26.8 Å². The summed E-state index contributed by atoms with van der Waals surface area (Å²) < 4.78 is 37.3. The summed E-state index contributed by atoms with van der Waals surface area (Å²) >= 11 is 0. The van der Waals surface area contributed by atoms with Crippen molar-refractivity contribution in [1.29, 1.82) is 0 Å². The summed E-state index contributed by atoms with van der Waals surface area (Å²) in [5, 5.41) is 9.81. The van der Waals surface area contributed by atoms with Gasteiger partial charge in [0.25, 0.3) is 5.91 Å². The van der Waals surface area contributed by atoms with E-state index in [1.165, 1.54) is 18.2 Å². The van der Waals surface area contributed by atoms with Gasteiger partial charge in [-0.05, 0) is 18.2 Å². The quantitative estimate of drug-likeness (QED) is 0.788. The number of carbonyl (C=O) groups is 2. The number of alkyl halides is 3. The van der Waals surface area contributed by atoms with E-state index in [4.69, 9.17) is 0 Å². The van der Waals surface area contributed by atoms with E-state index in [1.54, 1.807) is 31.9 Å². The Morgan fingerprint density at radius 2 is 1.80 bits per heavy atom. The molecule has 7 nitrogen and oxygen atoms in total. The Kier molecular flexibility index (Phi) is 4.82. The number of amides is 2. The van der Waals surface area contributed by atoms with Crippen molar-refractivity contribution in [1.82, 2.24) is 15.2 Å². The number of halogens is 3. The van der Waals surface area contributed by atoms with Gasteiger partial charge >= 0.3 is 6.18 Å². The summed E-state index contributed by atoms with van der Waals surface area (Å²) in [5.41, 5.74) is -0.103. The van der Waals surface area contributed by atoms with Crippen molar-refractivity contribution in [2.45, 2.75) is 26.9 Å². The molecule has 0 aliphatic rings. The third-order valence-electron chi connectivity index (χ3n) is 3.04. The predicted octanol–water partition coefficient (Wildman–Crippen LogP) is 3.06. The molecule has 134 valence electrons. The predicted molar refractivity (Wildman–Crippen MR) is 83.9 cm³/mol. The molecular formula is C15H16F3N5O2. The highest BCUT2D eigenvalue weighted by Gasteiger charge is 2.35. The van der Waals surface area contributed by atoms with Gasteiger partial charge in [0.1, 0.15) is 0 Å². The van der Waals surface area contributed by atoms with Crippen LogP contribution in [0.15, 0.2) is 24.3 Å². The highest BCUT2D eigenvalue weighted by Crippen LogP contribution is 2.26. The van der Waals surface area contributed by atoms with Gasteiger partial charge in [-0.25, -0.2) is 0 Å². The molecule has 2 rings (SSSR count). The summed E-state index contributed by atoms with van der Waals surface area (Å²) in [6.45, 7) is 5.21. The molecule has 0 saturated heterocycles. The van der Waals surface area contributed by atoms with E-state index >= 15 is 0 Å². The SMILES string of the molecule is CC(C)(C)C(=O)Nc1cccc(C(=O)Nc2n[nH]c(C(F)(F)F)n2)c1. The average Bonchev–Trinajstić information content (AvgIpc) is 2.95. The second-order valence-corrected chi connectivity index (χ2v) is 6.24. The van der Waals surface area contributed by atoms with E-state index in [9.17, 15) is 22.8 Å². The maximum atomic E-state index is 12.4. The number of nitrogens with zero attached hydrogens (tertiary/aromatic N) is 2. The molecule has 2 aromatic rings. The second kappa shape index (κ2) is 6.54. The second-order valence-electron chi connectivity index (χ2n) is 6.24. The van der Waals surface area contributed by atoms with Gasteiger partial charge in [-0.3, -0.25) is 20.0 Å². The summed E-state index contributed by atoms with van der Waals surface area (Å²) in [5.74, 6) is -2.76. The molecular weight excluding hydrogens is 339 g/mol. The minimum Gasteiger partial charge on any atom is -0.326 e. The average molecular weight is 355 g/mol. The molecule has 0 fully saturated rings. The van der Waals surface area contributed by atoms with E-state index < -0.39 is 29.3 Å². The lowest BCUT2D eigenvalue weighted by Gasteiger charge is -2.17. The molecule has 2 amide bonds. The molecule has 0 spiro atoms. The van der Waals surface area contributed by atoms with Gasteiger partial charge in [0.05, 0.1) is 0 Å². The molecule has 3 N–H and O–H groups in total. The van der Waals surface area contributed by atoms with Crippen LogP contribution in [0.25, 0.3) is 0 Å². The summed E-state index contributed by atoms with van der Waals surface area (Å²) in [6.07, 6.45) is -4.69. The molecule has 25 heavy (non-hydrogen) atoms. The molecule has 10 heteroatoms. The summed E-state index contributed by atoms with van der Waals surface area (Å²) in [7, 11) is 0. The van der Waals surface area contributed by atoms with Crippen LogP contribution >= 0.6 is 0 Å². The smallest absolute Gasteiger partial charge is 0.326 e. The molecule has 0 unspecified atom stereocenters. The van der Waals surface area contributed by atoms with Crippen LogP contribution in [0.3, 0.4) is 0 Å². The molecule has 0 aliphatic carbocycles. The maximum Gasteiger partial charge on any atom is 0.451 e. The summed E-state index contributed by atoms with van der Waals surface area (Å²) in [4.78, 5) is 27.2. The lowest BCUT2D eigenvalue weighted by atomic mass is 9.95. The van der Waals surface area contributed by atoms with Crippen molar-refractivity contribution < 1.29 is 22.8 Å². The zero-order chi connectivity index (χ0) is 18.8. The monoisotopic (exact) mass is 355 g/mol. The third-order valence-corrected chi connectivity index (χ3v) is 3.04. The number of anilines is 2. The number of hydrogen-bond acceptors (Lipinski definition) is 4. The molecule has 0 aliphatic heterocycles. The minimum atomic E-state index is -4.69. The lowest BCUT2D eigenvalue weighted by molar-refractivity contribution is -0.144. The zero-order valence-corrected chi connectivity index (χ0v) is 13.7. The normalized spacial score (nSPS) is 11.9. The largest absolute Gasteiger partial charge is 0.451 e. The van der Waals surface area contributed by atoms with Crippen LogP contribution in [0.1, 0.15) is 37.0 Å². The third kappa shape index (κ3) is 4.78. The van der Waals surface area contributed by atoms with Crippen molar-refractivity contribution in [3.05, 3.63) is 35.7 Å². The standard InChI is InChI=1S/C15H16F3N5O2/c1-14(2,3)12(25)19-9-6-4-5-8(7-9)10(24)20-13-21-11(22-23-13)15(16,17)18/h4-7H,1-3H3,(H,19,25)(H2,20,21,22,23,24). The van der Waals surface area contributed by atoms with E-state index in [0.29, 0.717) is 5.69 Å². The first-order valence-corrected chi connectivity index (χ1v) is 7.19. The van der Waals surface area contributed by atoms with Crippen molar-refractivity contribution in [2.24, 2.45) is 5.41 Å². The highest BCUT2D eigenvalue weighted by molar-refractivity contribution is 6.04. The van der Waals surface area contributed by atoms with Gasteiger partial charge in [0.15, 0.2) is 0 Å². The first-order chi connectivity index (χ1) is 11.5. The Morgan fingerprint density at radius 3 is 2.36 bits per heavy atom. The fourth-order valence-electron chi connectivity index (χ4n) is 1.67. The van der Waals surface area contributed by atoms with Gasteiger partial charge in [-0.2, -0.15) is 18.2 Å². The van der Waals surface area contributed by atoms with Gasteiger partial charge in [-0.15, -0.1) is 5.10 Å². The zero-order valence-electron chi connectivity index (χ0n) is 13.7. The Labute approximate surface area is 141 Å². The fraction of sp³-hybridized carbons (Fsp3) is 0.333. The molecule has 1 aromatic carbocycles. The number of nitrogens with one attached hydrogen (secondary N) is 3. The Morgan fingerprint density at radius 1 is 1.12 bits per heavy atom. The lowest BCUT2D eigenvalue weighted by Crippen LogP contribution is -2.27. The number of hydrogen-bond donors (Lipinski definition) is 3. The van der Waals surface area contributed by atoms with Crippen LogP contribution < -0.4 is 10.6 Å².